The van der Waals surface area contributed by atoms with Crippen molar-refractivity contribution in [2.45, 2.75) is 12.8 Å². The van der Waals surface area contributed by atoms with E-state index in [-0.39, 0.29) is 11.7 Å². The second-order valence-corrected chi connectivity index (χ2v) is 5.32. The predicted molar refractivity (Wildman–Crippen MR) is 83.3 cm³/mol. The normalized spacial score (nSPS) is 11.9. The third-order valence-corrected chi connectivity index (χ3v) is 3.93. The van der Waals surface area contributed by atoms with Gasteiger partial charge in [-0.05, 0) is 23.0 Å². The van der Waals surface area contributed by atoms with Crippen molar-refractivity contribution in [2.24, 2.45) is 0 Å². The minimum absolute atomic E-state index is 0.217. The van der Waals surface area contributed by atoms with Crippen LogP contribution in [0.3, 0.4) is 0 Å². The lowest BCUT2D eigenvalue weighted by Gasteiger charge is -2.13. The fraction of sp³-hybridized carbons (Fsp3) is 0.286. The standard InChI is InChI=1S/C14H18N4OS/c1-9(10-6-4-3-5-7-10)8-17-14-11(13(19)16-2)12(15)18-20-14/h3-7,9,17H,8H2,1-2H3,(H2,15,18)(H,16,19). The Kier molecular flexibility index (Phi) is 4.57. The Morgan fingerprint density at radius 2 is 2.10 bits per heavy atom. The van der Waals surface area contributed by atoms with Crippen LogP contribution in [0.4, 0.5) is 10.8 Å². The highest BCUT2D eigenvalue weighted by Crippen LogP contribution is 2.27. The molecule has 2 rings (SSSR count). The van der Waals surface area contributed by atoms with Crippen LogP contribution in [0.15, 0.2) is 30.3 Å². The molecule has 20 heavy (non-hydrogen) atoms. The Labute approximate surface area is 122 Å². The summed E-state index contributed by atoms with van der Waals surface area (Å²) in [5, 5.41) is 6.55. The summed E-state index contributed by atoms with van der Waals surface area (Å²) in [5.41, 5.74) is 7.41. The van der Waals surface area contributed by atoms with Crippen LogP contribution in [0.2, 0.25) is 0 Å². The molecular formula is C14H18N4OS. The number of benzene rings is 1. The molecule has 2 aromatic rings. The first-order valence-corrected chi connectivity index (χ1v) is 7.17. The fourth-order valence-corrected chi connectivity index (χ4v) is 2.63. The van der Waals surface area contributed by atoms with Crippen LogP contribution in [0, 0.1) is 0 Å². The number of hydrogen-bond acceptors (Lipinski definition) is 5. The number of nitrogens with one attached hydrogen (secondary N) is 2. The van der Waals surface area contributed by atoms with E-state index in [4.69, 9.17) is 5.73 Å². The van der Waals surface area contributed by atoms with Gasteiger partial charge in [0.2, 0.25) is 0 Å². The Morgan fingerprint density at radius 3 is 2.75 bits per heavy atom. The van der Waals surface area contributed by atoms with Crippen LogP contribution in [0.5, 0.6) is 0 Å². The SMILES string of the molecule is CNC(=O)c1c(N)nsc1NCC(C)c1ccccc1. The van der Waals surface area contributed by atoms with Crippen molar-refractivity contribution >= 4 is 28.3 Å². The summed E-state index contributed by atoms with van der Waals surface area (Å²) in [5.74, 6) is 0.382. The molecule has 0 spiro atoms. The van der Waals surface area contributed by atoms with Crippen molar-refractivity contribution in [1.82, 2.24) is 9.69 Å². The van der Waals surface area contributed by atoms with E-state index in [0.29, 0.717) is 16.5 Å². The fourth-order valence-electron chi connectivity index (χ4n) is 1.91. The summed E-state index contributed by atoms with van der Waals surface area (Å²) in [7, 11) is 1.58. The lowest BCUT2D eigenvalue weighted by Crippen LogP contribution is -2.20. The summed E-state index contributed by atoms with van der Waals surface area (Å²) < 4.78 is 4.03. The number of nitrogen functional groups attached to an aromatic ring is 1. The largest absolute Gasteiger partial charge is 0.382 e. The number of nitrogens with zero attached hydrogens (tertiary/aromatic N) is 1. The second-order valence-electron chi connectivity index (χ2n) is 4.54. The highest BCUT2D eigenvalue weighted by atomic mass is 32.1. The van der Waals surface area contributed by atoms with E-state index in [1.807, 2.05) is 18.2 Å². The second kappa shape index (κ2) is 6.38. The van der Waals surface area contributed by atoms with Gasteiger partial charge >= 0.3 is 0 Å². The van der Waals surface area contributed by atoms with Crippen molar-refractivity contribution < 1.29 is 4.79 Å². The Hall–Kier alpha value is -2.08. The van der Waals surface area contributed by atoms with Crippen LogP contribution in [-0.4, -0.2) is 23.9 Å². The molecule has 0 saturated heterocycles. The van der Waals surface area contributed by atoms with Gasteiger partial charge in [-0.25, -0.2) is 0 Å². The van der Waals surface area contributed by atoms with E-state index in [1.54, 1.807) is 7.05 Å². The first kappa shape index (κ1) is 14.3. The number of amides is 1. The van der Waals surface area contributed by atoms with Crippen LogP contribution in [-0.2, 0) is 0 Å². The Bertz CT molecular complexity index is 582. The lowest BCUT2D eigenvalue weighted by molar-refractivity contribution is 0.0965. The summed E-state index contributed by atoms with van der Waals surface area (Å²) in [6, 6.07) is 10.2. The van der Waals surface area contributed by atoms with Gasteiger partial charge in [0.1, 0.15) is 10.6 Å². The number of hydrogen-bond donors (Lipinski definition) is 3. The van der Waals surface area contributed by atoms with E-state index < -0.39 is 0 Å². The van der Waals surface area contributed by atoms with Crippen molar-refractivity contribution in [2.75, 3.05) is 24.6 Å². The molecule has 1 aromatic heterocycles. The van der Waals surface area contributed by atoms with Crippen molar-refractivity contribution in [3.8, 4) is 0 Å². The number of rotatable bonds is 5. The first-order valence-electron chi connectivity index (χ1n) is 6.39. The third kappa shape index (κ3) is 3.08. The molecule has 4 N–H and O–H groups in total. The van der Waals surface area contributed by atoms with Gasteiger partial charge in [-0.1, -0.05) is 37.3 Å². The maximum atomic E-state index is 11.8. The van der Waals surface area contributed by atoms with Crippen molar-refractivity contribution in [3.05, 3.63) is 41.5 Å². The lowest BCUT2D eigenvalue weighted by atomic mass is 10.0. The van der Waals surface area contributed by atoms with Crippen LogP contribution in [0.1, 0.15) is 28.8 Å². The molecule has 0 fully saturated rings. The van der Waals surface area contributed by atoms with Crippen molar-refractivity contribution in [1.29, 1.82) is 0 Å². The molecular weight excluding hydrogens is 272 g/mol. The summed E-state index contributed by atoms with van der Waals surface area (Å²) >= 11 is 1.21. The van der Waals surface area contributed by atoms with Gasteiger partial charge in [-0.3, -0.25) is 4.79 Å². The summed E-state index contributed by atoms with van der Waals surface area (Å²) in [6.45, 7) is 2.85. The van der Waals surface area contributed by atoms with E-state index in [2.05, 4.69) is 34.1 Å². The average molecular weight is 290 g/mol. The zero-order chi connectivity index (χ0) is 14.5. The quantitative estimate of drug-likeness (QED) is 0.789. The molecule has 0 radical (unpaired) electrons. The van der Waals surface area contributed by atoms with E-state index in [0.717, 1.165) is 6.54 Å². The molecule has 0 aliphatic heterocycles. The van der Waals surface area contributed by atoms with E-state index in [9.17, 15) is 4.79 Å². The number of anilines is 2. The highest BCUT2D eigenvalue weighted by Gasteiger charge is 2.18. The molecule has 1 aromatic carbocycles. The molecule has 0 saturated carbocycles. The summed E-state index contributed by atoms with van der Waals surface area (Å²) in [4.78, 5) is 11.8. The van der Waals surface area contributed by atoms with Gasteiger partial charge in [-0.2, -0.15) is 4.37 Å². The zero-order valence-corrected chi connectivity index (χ0v) is 12.3. The van der Waals surface area contributed by atoms with Crippen molar-refractivity contribution in [3.63, 3.8) is 0 Å². The highest BCUT2D eigenvalue weighted by molar-refractivity contribution is 7.11. The Balaban J connectivity index is 2.06. The molecule has 0 aliphatic carbocycles. The number of aromatic nitrogens is 1. The van der Waals surface area contributed by atoms with Gasteiger partial charge < -0.3 is 16.4 Å². The molecule has 0 bridgehead atoms. The monoisotopic (exact) mass is 290 g/mol. The topological polar surface area (TPSA) is 80.0 Å². The van der Waals surface area contributed by atoms with Gasteiger partial charge in [0.15, 0.2) is 5.82 Å². The van der Waals surface area contributed by atoms with E-state index >= 15 is 0 Å². The molecule has 5 nitrogen and oxygen atoms in total. The Morgan fingerprint density at radius 1 is 1.40 bits per heavy atom. The average Bonchev–Trinajstić information content (AvgIpc) is 2.86. The minimum Gasteiger partial charge on any atom is -0.382 e. The molecule has 0 aliphatic rings. The van der Waals surface area contributed by atoms with Crippen LogP contribution < -0.4 is 16.4 Å². The number of carbonyl (C=O) groups excluding carboxylic acids is 1. The van der Waals surface area contributed by atoms with Crippen LogP contribution in [0.25, 0.3) is 0 Å². The van der Waals surface area contributed by atoms with E-state index in [1.165, 1.54) is 17.1 Å². The number of carbonyl (C=O) groups is 1. The van der Waals surface area contributed by atoms with Gasteiger partial charge in [0, 0.05) is 13.6 Å². The minimum atomic E-state index is -0.217. The molecule has 6 heteroatoms. The number of nitrogens with two attached hydrogens (primary N) is 1. The molecule has 1 unspecified atom stereocenters. The first-order chi connectivity index (χ1) is 9.63. The summed E-state index contributed by atoms with van der Waals surface area (Å²) in [6.07, 6.45) is 0. The predicted octanol–water partition coefficient (Wildman–Crippen LogP) is 2.30. The smallest absolute Gasteiger partial charge is 0.257 e. The maximum Gasteiger partial charge on any atom is 0.257 e. The zero-order valence-electron chi connectivity index (χ0n) is 11.5. The molecule has 1 heterocycles. The molecule has 1 atom stereocenters. The van der Waals surface area contributed by atoms with Crippen LogP contribution >= 0.6 is 11.5 Å². The van der Waals surface area contributed by atoms with Gasteiger partial charge in [-0.15, -0.1) is 0 Å². The maximum absolute atomic E-state index is 11.8. The molecule has 106 valence electrons. The third-order valence-electron chi connectivity index (χ3n) is 3.11. The van der Waals surface area contributed by atoms with Gasteiger partial charge in [0.25, 0.3) is 5.91 Å². The van der Waals surface area contributed by atoms with Gasteiger partial charge in [0.05, 0.1) is 0 Å². The molecule has 1 amide bonds.